The van der Waals surface area contributed by atoms with E-state index in [0.29, 0.717) is 35.7 Å². The smallest absolute Gasteiger partial charge is 0.433 e. The highest BCUT2D eigenvalue weighted by atomic mass is 19.4. The molecule has 2 aromatic heterocycles. The fourth-order valence-corrected chi connectivity index (χ4v) is 4.01. The first-order chi connectivity index (χ1) is 14.7. The van der Waals surface area contributed by atoms with E-state index >= 15 is 0 Å². The van der Waals surface area contributed by atoms with Crippen molar-refractivity contribution in [2.75, 3.05) is 19.4 Å². The number of pyridine rings is 2. The summed E-state index contributed by atoms with van der Waals surface area (Å²) in [5.74, 6) is 0.203. The molecule has 2 aliphatic heterocycles. The largest absolute Gasteiger partial charge is 0.491 e. The summed E-state index contributed by atoms with van der Waals surface area (Å²) < 4.78 is 49.6. The van der Waals surface area contributed by atoms with E-state index in [2.05, 4.69) is 9.97 Å². The summed E-state index contributed by atoms with van der Waals surface area (Å²) >= 11 is 0. The molecule has 10 heteroatoms. The summed E-state index contributed by atoms with van der Waals surface area (Å²) in [6.45, 7) is 0.823. The Kier molecular flexibility index (Phi) is 4.30. The predicted molar refractivity (Wildman–Crippen MR) is 104 cm³/mol. The summed E-state index contributed by atoms with van der Waals surface area (Å²) in [4.78, 5) is 22.5. The lowest BCUT2D eigenvalue weighted by molar-refractivity contribution is -0.141. The lowest BCUT2D eigenvalue weighted by Crippen LogP contribution is -2.32. The predicted octanol–water partition coefficient (Wildman–Crippen LogP) is 3.47. The van der Waals surface area contributed by atoms with Crippen molar-refractivity contribution in [3.8, 4) is 5.75 Å². The van der Waals surface area contributed by atoms with E-state index in [-0.39, 0.29) is 18.3 Å². The second-order valence-corrected chi connectivity index (χ2v) is 7.53. The Hall–Kier alpha value is -3.40. The fraction of sp³-hybridized carbons (Fsp3) is 0.286. The molecule has 0 spiro atoms. The molecule has 7 nitrogen and oxygen atoms in total. The van der Waals surface area contributed by atoms with E-state index in [4.69, 9.17) is 15.2 Å². The summed E-state index contributed by atoms with van der Waals surface area (Å²) in [7, 11) is 1.59. The summed E-state index contributed by atoms with van der Waals surface area (Å²) in [5, 5.41) is 0.792. The van der Waals surface area contributed by atoms with E-state index in [1.54, 1.807) is 25.2 Å². The number of benzene rings is 1. The quantitative estimate of drug-likeness (QED) is 0.670. The monoisotopic (exact) mass is 430 g/mol. The molecule has 5 rings (SSSR count). The molecule has 2 N–H and O–H groups in total. The minimum absolute atomic E-state index is 0.0511. The number of hydrogen-bond donors (Lipinski definition) is 1. The molecule has 0 aliphatic carbocycles. The minimum atomic E-state index is -4.56. The maximum Gasteiger partial charge on any atom is 0.433 e. The van der Waals surface area contributed by atoms with Crippen molar-refractivity contribution in [3.05, 3.63) is 58.4 Å². The number of amides is 1. The topological polar surface area (TPSA) is 90.6 Å². The first-order valence-corrected chi connectivity index (χ1v) is 9.50. The van der Waals surface area contributed by atoms with Crippen LogP contribution in [0.25, 0.3) is 10.9 Å². The van der Waals surface area contributed by atoms with Crippen LogP contribution in [0.2, 0.25) is 0 Å². The Morgan fingerprint density at radius 3 is 2.77 bits per heavy atom. The van der Waals surface area contributed by atoms with Gasteiger partial charge in [-0.1, -0.05) is 0 Å². The van der Waals surface area contributed by atoms with E-state index in [1.165, 1.54) is 4.90 Å². The van der Waals surface area contributed by atoms with Gasteiger partial charge in [0.1, 0.15) is 23.9 Å². The number of fused-ring (bicyclic) bond motifs is 4. The van der Waals surface area contributed by atoms with E-state index in [1.807, 2.05) is 0 Å². The zero-order valence-electron chi connectivity index (χ0n) is 16.4. The van der Waals surface area contributed by atoms with Crippen molar-refractivity contribution in [2.45, 2.75) is 25.4 Å². The van der Waals surface area contributed by atoms with Gasteiger partial charge in [0.15, 0.2) is 0 Å². The normalized spacial score (nSPS) is 17.4. The summed E-state index contributed by atoms with van der Waals surface area (Å²) in [5.41, 5.74) is 8.23. The molecule has 0 radical (unpaired) electrons. The van der Waals surface area contributed by atoms with Gasteiger partial charge in [-0.2, -0.15) is 13.2 Å². The third-order valence-corrected chi connectivity index (χ3v) is 5.70. The summed E-state index contributed by atoms with van der Waals surface area (Å²) in [6.07, 6.45) is -3.44. The van der Waals surface area contributed by atoms with E-state index < -0.39 is 17.9 Å². The standard InChI is InChI=1S/C21H17F3N4O3/c1-28(16-9-31-17-5-18(21(22,23)24)26-6-12(16)17)20(29)10-2-3-15-11(4-10)13-7-30-8-14(13)19(25)27-15/h2-6,16H,7-9H2,1H3,(H2,25,27). The number of halogens is 3. The molecule has 31 heavy (non-hydrogen) atoms. The Morgan fingerprint density at radius 1 is 1.23 bits per heavy atom. The zero-order chi connectivity index (χ0) is 21.9. The van der Waals surface area contributed by atoms with Crippen LogP contribution in [0.4, 0.5) is 19.0 Å². The first-order valence-electron chi connectivity index (χ1n) is 9.50. The van der Waals surface area contributed by atoms with Crippen LogP contribution >= 0.6 is 0 Å². The number of aromatic nitrogens is 2. The molecular weight excluding hydrogens is 413 g/mol. The number of nitrogens with two attached hydrogens (primary N) is 1. The van der Waals surface area contributed by atoms with Gasteiger partial charge in [0.2, 0.25) is 0 Å². The highest BCUT2D eigenvalue weighted by Crippen LogP contribution is 2.39. The molecular formula is C21H17F3N4O3. The number of ether oxygens (including phenoxy) is 2. The second-order valence-electron chi connectivity index (χ2n) is 7.53. The number of carbonyl (C=O) groups is 1. The average Bonchev–Trinajstić information content (AvgIpc) is 3.39. The number of nitrogens with zero attached hydrogens (tertiary/aromatic N) is 3. The highest BCUT2D eigenvalue weighted by molar-refractivity contribution is 5.99. The molecule has 160 valence electrons. The number of rotatable bonds is 2. The number of nitrogen functional groups attached to an aromatic ring is 1. The average molecular weight is 430 g/mol. The number of hydrogen-bond acceptors (Lipinski definition) is 6. The number of likely N-dealkylation sites (N-methyl/N-ethyl adjacent to an activating group) is 1. The van der Waals surface area contributed by atoms with Gasteiger partial charge in [0, 0.05) is 41.4 Å². The highest BCUT2D eigenvalue weighted by Gasteiger charge is 2.37. The fourth-order valence-electron chi connectivity index (χ4n) is 4.01. The second kappa shape index (κ2) is 6.81. The molecule has 4 heterocycles. The van der Waals surface area contributed by atoms with Gasteiger partial charge >= 0.3 is 6.18 Å². The third kappa shape index (κ3) is 3.14. The SMILES string of the molecule is CN(C(=O)c1ccc2nc(N)c3c(c2c1)COC3)C1COc2cc(C(F)(F)F)ncc21. The van der Waals surface area contributed by atoms with Gasteiger partial charge < -0.3 is 20.1 Å². The van der Waals surface area contributed by atoms with Crippen molar-refractivity contribution in [3.63, 3.8) is 0 Å². The van der Waals surface area contributed by atoms with Crippen LogP contribution in [-0.2, 0) is 24.1 Å². The van der Waals surface area contributed by atoms with Gasteiger partial charge in [0.25, 0.3) is 5.91 Å². The molecule has 0 saturated heterocycles. The van der Waals surface area contributed by atoms with Gasteiger partial charge in [-0.3, -0.25) is 9.78 Å². The lowest BCUT2D eigenvalue weighted by atomic mass is 10.0. The number of anilines is 1. The van der Waals surface area contributed by atoms with Crippen LogP contribution in [0.3, 0.4) is 0 Å². The molecule has 2 aliphatic rings. The van der Waals surface area contributed by atoms with Gasteiger partial charge in [-0.05, 0) is 23.8 Å². The van der Waals surface area contributed by atoms with E-state index in [0.717, 1.165) is 28.8 Å². The first kappa shape index (κ1) is 19.6. The number of carbonyl (C=O) groups excluding carboxylic acids is 1. The van der Waals surface area contributed by atoms with Crippen LogP contribution in [0.1, 0.15) is 38.8 Å². The maximum absolute atomic E-state index is 13.2. The lowest BCUT2D eigenvalue weighted by Gasteiger charge is -2.24. The van der Waals surface area contributed by atoms with Crippen LogP contribution < -0.4 is 10.5 Å². The number of alkyl halides is 3. The molecule has 1 atom stereocenters. The van der Waals surface area contributed by atoms with Crippen LogP contribution in [0.15, 0.2) is 30.5 Å². The van der Waals surface area contributed by atoms with Crippen LogP contribution in [0, 0.1) is 0 Å². The Bertz CT molecular complexity index is 1230. The van der Waals surface area contributed by atoms with Gasteiger partial charge in [0.05, 0.1) is 24.8 Å². The molecule has 1 amide bonds. The Morgan fingerprint density at radius 2 is 2.00 bits per heavy atom. The molecule has 3 aromatic rings. The molecule has 1 aromatic carbocycles. The Balaban J connectivity index is 1.47. The van der Waals surface area contributed by atoms with Crippen molar-refractivity contribution in [1.82, 2.24) is 14.9 Å². The minimum Gasteiger partial charge on any atom is -0.491 e. The Labute approximate surface area is 174 Å². The maximum atomic E-state index is 13.2. The molecule has 0 bridgehead atoms. The van der Waals surface area contributed by atoms with Crippen LogP contribution in [-0.4, -0.2) is 34.4 Å². The van der Waals surface area contributed by atoms with E-state index in [9.17, 15) is 18.0 Å². The third-order valence-electron chi connectivity index (χ3n) is 5.70. The summed E-state index contributed by atoms with van der Waals surface area (Å²) in [6, 6.07) is 5.43. The molecule has 0 saturated carbocycles. The van der Waals surface area contributed by atoms with Crippen molar-refractivity contribution >= 4 is 22.6 Å². The van der Waals surface area contributed by atoms with Gasteiger partial charge in [-0.15, -0.1) is 0 Å². The van der Waals surface area contributed by atoms with Crippen molar-refractivity contribution < 1.29 is 27.4 Å². The molecule has 0 fully saturated rings. The van der Waals surface area contributed by atoms with Gasteiger partial charge in [-0.25, -0.2) is 4.98 Å². The zero-order valence-corrected chi connectivity index (χ0v) is 16.4. The van der Waals surface area contributed by atoms with Crippen molar-refractivity contribution in [2.24, 2.45) is 0 Å². The van der Waals surface area contributed by atoms with Crippen molar-refractivity contribution in [1.29, 1.82) is 0 Å². The molecule has 1 unspecified atom stereocenters. The van der Waals surface area contributed by atoms with Crippen LogP contribution in [0.5, 0.6) is 5.75 Å².